The first-order chi connectivity index (χ1) is 12.1. The summed E-state index contributed by atoms with van der Waals surface area (Å²) in [5.74, 6) is 1.12. The van der Waals surface area contributed by atoms with E-state index in [2.05, 4.69) is 33.6 Å². The maximum Gasteiger partial charge on any atom is 0.224 e. The summed E-state index contributed by atoms with van der Waals surface area (Å²) in [4.78, 5) is 8.94. The number of rotatable bonds is 6. The van der Waals surface area contributed by atoms with Crippen molar-refractivity contribution in [1.29, 1.82) is 0 Å². The molecule has 0 bridgehead atoms. The molecule has 0 saturated heterocycles. The van der Waals surface area contributed by atoms with E-state index in [0.29, 0.717) is 12.5 Å². The Hall–Kier alpha value is -2.95. The minimum absolute atomic E-state index is 0.217. The van der Waals surface area contributed by atoms with Crippen molar-refractivity contribution >= 4 is 17.5 Å². The van der Waals surface area contributed by atoms with Crippen molar-refractivity contribution in [3.05, 3.63) is 77.2 Å². The third-order valence-electron chi connectivity index (χ3n) is 3.87. The highest BCUT2D eigenvalue weighted by Gasteiger charge is 2.04. The van der Waals surface area contributed by atoms with Gasteiger partial charge in [0.1, 0.15) is 11.6 Å². The third-order valence-corrected chi connectivity index (χ3v) is 3.87. The van der Waals surface area contributed by atoms with Gasteiger partial charge in [0.15, 0.2) is 0 Å². The van der Waals surface area contributed by atoms with Gasteiger partial charge in [-0.3, -0.25) is 0 Å². The van der Waals surface area contributed by atoms with Crippen LogP contribution in [0.2, 0.25) is 0 Å². The molecule has 5 heteroatoms. The normalized spacial score (nSPS) is 10.5. The van der Waals surface area contributed by atoms with Crippen LogP contribution in [0.15, 0.2) is 54.6 Å². The van der Waals surface area contributed by atoms with Crippen molar-refractivity contribution in [2.24, 2.45) is 0 Å². The highest BCUT2D eigenvalue weighted by molar-refractivity contribution is 5.61. The van der Waals surface area contributed by atoms with E-state index in [9.17, 15) is 4.39 Å². The number of benzene rings is 2. The summed E-state index contributed by atoms with van der Waals surface area (Å²) in [6.45, 7) is 4.67. The molecule has 2 aromatic carbocycles. The van der Waals surface area contributed by atoms with Gasteiger partial charge in [-0.25, -0.2) is 9.37 Å². The zero-order valence-corrected chi connectivity index (χ0v) is 14.4. The standard InChI is InChI=1S/C20H21FN4/c1-14-5-3-4-6-18(14)24-19-13-15(2)23-20(25-19)22-12-11-16-7-9-17(21)10-8-16/h3-10,13H,11-12H2,1-2H3,(H2,22,23,24,25). The molecule has 0 saturated carbocycles. The average molecular weight is 336 g/mol. The molecule has 0 radical (unpaired) electrons. The van der Waals surface area contributed by atoms with Crippen molar-refractivity contribution in [2.75, 3.05) is 17.2 Å². The van der Waals surface area contributed by atoms with Crippen LogP contribution < -0.4 is 10.6 Å². The molecule has 0 aliphatic heterocycles. The summed E-state index contributed by atoms with van der Waals surface area (Å²) >= 11 is 0. The zero-order valence-electron chi connectivity index (χ0n) is 14.4. The molecule has 0 spiro atoms. The van der Waals surface area contributed by atoms with Gasteiger partial charge in [0.05, 0.1) is 0 Å². The van der Waals surface area contributed by atoms with Crippen LogP contribution in [-0.2, 0) is 6.42 Å². The topological polar surface area (TPSA) is 49.8 Å². The number of anilines is 3. The van der Waals surface area contributed by atoms with Crippen molar-refractivity contribution in [3.8, 4) is 0 Å². The Bertz CT molecular complexity index is 847. The Morgan fingerprint density at radius 2 is 1.72 bits per heavy atom. The van der Waals surface area contributed by atoms with Crippen molar-refractivity contribution in [3.63, 3.8) is 0 Å². The van der Waals surface area contributed by atoms with Crippen LogP contribution >= 0.6 is 0 Å². The molecule has 0 aliphatic rings. The lowest BCUT2D eigenvalue weighted by molar-refractivity contribution is 0.627. The van der Waals surface area contributed by atoms with Crippen LogP contribution in [-0.4, -0.2) is 16.5 Å². The summed E-state index contributed by atoms with van der Waals surface area (Å²) in [7, 11) is 0. The largest absolute Gasteiger partial charge is 0.354 e. The first kappa shape index (κ1) is 16.9. The molecule has 0 amide bonds. The zero-order chi connectivity index (χ0) is 17.6. The molecule has 0 unspecified atom stereocenters. The van der Waals surface area contributed by atoms with Gasteiger partial charge in [-0.2, -0.15) is 4.98 Å². The molecular weight excluding hydrogens is 315 g/mol. The maximum absolute atomic E-state index is 12.9. The van der Waals surface area contributed by atoms with E-state index in [1.54, 1.807) is 12.1 Å². The fraction of sp³-hybridized carbons (Fsp3) is 0.200. The van der Waals surface area contributed by atoms with Crippen molar-refractivity contribution in [1.82, 2.24) is 9.97 Å². The summed E-state index contributed by atoms with van der Waals surface area (Å²) in [5.41, 5.74) is 4.14. The second kappa shape index (κ2) is 7.75. The Kier molecular flexibility index (Phi) is 5.23. The third kappa shape index (κ3) is 4.76. The average Bonchev–Trinajstić information content (AvgIpc) is 2.58. The number of aryl methyl sites for hydroxylation is 2. The maximum atomic E-state index is 12.9. The van der Waals surface area contributed by atoms with E-state index in [4.69, 9.17) is 0 Å². The minimum atomic E-state index is -0.217. The lowest BCUT2D eigenvalue weighted by atomic mass is 10.1. The fourth-order valence-electron chi connectivity index (χ4n) is 2.53. The molecule has 0 aliphatic carbocycles. The van der Waals surface area contributed by atoms with Gasteiger partial charge in [-0.15, -0.1) is 0 Å². The fourth-order valence-corrected chi connectivity index (χ4v) is 2.53. The Balaban J connectivity index is 1.65. The number of hydrogen-bond donors (Lipinski definition) is 2. The quantitative estimate of drug-likeness (QED) is 0.689. The number of halogens is 1. The number of aromatic nitrogens is 2. The SMILES string of the molecule is Cc1cc(Nc2ccccc2C)nc(NCCc2ccc(F)cc2)n1. The molecule has 3 rings (SSSR count). The van der Waals surface area contributed by atoms with Gasteiger partial charge in [0, 0.05) is 24.0 Å². The van der Waals surface area contributed by atoms with E-state index < -0.39 is 0 Å². The molecular formula is C20H21FN4. The van der Waals surface area contributed by atoms with Gasteiger partial charge in [0.2, 0.25) is 5.95 Å². The van der Waals surface area contributed by atoms with Crippen LogP contribution in [0.1, 0.15) is 16.8 Å². The van der Waals surface area contributed by atoms with E-state index in [0.717, 1.165) is 34.7 Å². The van der Waals surface area contributed by atoms with Crippen LogP contribution in [0, 0.1) is 19.7 Å². The lowest BCUT2D eigenvalue weighted by Crippen LogP contribution is -2.09. The smallest absolute Gasteiger partial charge is 0.224 e. The first-order valence-corrected chi connectivity index (χ1v) is 8.27. The number of nitrogens with one attached hydrogen (secondary N) is 2. The van der Waals surface area contributed by atoms with Crippen molar-refractivity contribution in [2.45, 2.75) is 20.3 Å². The van der Waals surface area contributed by atoms with Crippen LogP contribution in [0.3, 0.4) is 0 Å². The predicted octanol–water partition coefficient (Wildman–Crippen LogP) is 4.63. The summed E-state index contributed by atoms with van der Waals surface area (Å²) in [6, 6.07) is 16.5. The molecule has 3 aromatic rings. The minimum Gasteiger partial charge on any atom is -0.354 e. The Morgan fingerprint density at radius 1 is 0.960 bits per heavy atom. The van der Waals surface area contributed by atoms with Crippen LogP contribution in [0.25, 0.3) is 0 Å². The van der Waals surface area contributed by atoms with E-state index in [1.165, 1.54) is 12.1 Å². The number of nitrogens with zero attached hydrogens (tertiary/aromatic N) is 2. The van der Waals surface area contributed by atoms with Crippen LogP contribution in [0.4, 0.5) is 21.8 Å². The summed E-state index contributed by atoms with van der Waals surface area (Å²) in [6.07, 6.45) is 0.776. The molecule has 25 heavy (non-hydrogen) atoms. The first-order valence-electron chi connectivity index (χ1n) is 8.27. The van der Waals surface area contributed by atoms with Gasteiger partial charge in [0.25, 0.3) is 0 Å². The summed E-state index contributed by atoms with van der Waals surface area (Å²) in [5, 5.41) is 6.57. The predicted molar refractivity (Wildman–Crippen MR) is 99.8 cm³/mol. The number of hydrogen-bond acceptors (Lipinski definition) is 4. The van der Waals surface area contributed by atoms with E-state index >= 15 is 0 Å². The van der Waals surface area contributed by atoms with Crippen molar-refractivity contribution < 1.29 is 4.39 Å². The number of para-hydroxylation sites is 1. The van der Waals surface area contributed by atoms with Crippen LogP contribution in [0.5, 0.6) is 0 Å². The Morgan fingerprint density at radius 3 is 2.48 bits per heavy atom. The lowest BCUT2D eigenvalue weighted by Gasteiger charge is -2.11. The molecule has 0 atom stereocenters. The van der Waals surface area contributed by atoms with E-state index in [1.807, 2.05) is 31.2 Å². The van der Waals surface area contributed by atoms with Gasteiger partial charge < -0.3 is 10.6 Å². The summed E-state index contributed by atoms with van der Waals surface area (Å²) < 4.78 is 12.9. The second-order valence-electron chi connectivity index (χ2n) is 5.96. The van der Waals surface area contributed by atoms with Gasteiger partial charge >= 0.3 is 0 Å². The van der Waals surface area contributed by atoms with E-state index in [-0.39, 0.29) is 5.82 Å². The Labute approximate surface area is 147 Å². The molecule has 4 nitrogen and oxygen atoms in total. The molecule has 1 aromatic heterocycles. The molecule has 2 N–H and O–H groups in total. The molecule has 0 fully saturated rings. The highest BCUT2D eigenvalue weighted by atomic mass is 19.1. The monoisotopic (exact) mass is 336 g/mol. The van der Waals surface area contributed by atoms with Gasteiger partial charge in [-0.1, -0.05) is 30.3 Å². The van der Waals surface area contributed by atoms with Gasteiger partial charge in [-0.05, 0) is 49.6 Å². The highest BCUT2D eigenvalue weighted by Crippen LogP contribution is 2.20. The second-order valence-corrected chi connectivity index (χ2v) is 5.96. The molecule has 128 valence electrons. The molecule has 1 heterocycles.